The summed E-state index contributed by atoms with van der Waals surface area (Å²) in [5.74, 6) is 2.22. The summed E-state index contributed by atoms with van der Waals surface area (Å²) in [6, 6.07) is 3.34. The highest BCUT2D eigenvalue weighted by Gasteiger charge is 2.29. The maximum absolute atomic E-state index is 6.18. The van der Waals surface area contributed by atoms with Crippen LogP contribution in [0.1, 0.15) is 44.3 Å². The van der Waals surface area contributed by atoms with Crippen molar-refractivity contribution in [3.63, 3.8) is 0 Å². The summed E-state index contributed by atoms with van der Waals surface area (Å²) in [6.07, 6.45) is 4.66. The van der Waals surface area contributed by atoms with Crippen LogP contribution in [0.2, 0.25) is 10.0 Å². The van der Waals surface area contributed by atoms with E-state index in [9.17, 15) is 0 Å². The molecule has 0 amide bonds. The van der Waals surface area contributed by atoms with Crippen LogP contribution in [-0.2, 0) is 0 Å². The Morgan fingerprint density at radius 3 is 2.76 bits per heavy atom. The molecule has 21 heavy (non-hydrogen) atoms. The molecule has 1 heterocycles. The van der Waals surface area contributed by atoms with Crippen molar-refractivity contribution in [2.24, 2.45) is 5.92 Å². The maximum atomic E-state index is 6.18. The molecule has 3 rings (SSSR count). The van der Waals surface area contributed by atoms with Gasteiger partial charge in [-0.2, -0.15) is 4.98 Å². The fourth-order valence-electron chi connectivity index (χ4n) is 2.97. The third-order valence-corrected chi connectivity index (χ3v) is 4.93. The van der Waals surface area contributed by atoms with E-state index in [1.165, 1.54) is 12.8 Å². The Kier molecular flexibility index (Phi) is 4.09. The molecule has 0 spiro atoms. The molecule has 1 saturated carbocycles. The summed E-state index contributed by atoms with van der Waals surface area (Å²) >= 11 is 12.2. The Morgan fingerprint density at radius 2 is 2.05 bits per heavy atom. The van der Waals surface area contributed by atoms with Crippen LogP contribution in [0.3, 0.4) is 0 Å². The maximum Gasteiger partial charge on any atom is 0.261 e. The lowest BCUT2D eigenvalue weighted by Crippen LogP contribution is -1.98. The lowest BCUT2D eigenvalue weighted by molar-refractivity contribution is 0.414. The second-order valence-corrected chi connectivity index (χ2v) is 6.37. The van der Waals surface area contributed by atoms with Gasteiger partial charge in [0.2, 0.25) is 0 Å². The first kappa shape index (κ1) is 14.7. The van der Waals surface area contributed by atoms with Crippen LogP contribution < -0.4 is 5.73 Å². The van der Waals surface area contributed by atoms with E-state index in [1.807, 2.05) is 0 Å². The van der Waals surface area contributed by atoms with Gasteiger partial charge in [0.15, 0.2) is 5.82 Å². The van der Waals surface area contributed by atoms with Crippen molar-refractivity contribution < 1.29 is 4.52 Å². The molecule has 4 nitrogen and oxygen atoms in total. The number of hydrogen-bond donors (Lipinski definition) is 1. The van der Waals surface area contributed by atoms with Crippen LogP contribution in [0, 0.1) is 5.92 Å². The van der Waals surface area contributed by atoms with Crippen LogP contribution in [0.5, 0.6) is 0 Å². The molecular weight excluding hydrogens is 309 g/mol. The van der Waals surface area contributed by atoms with Gasteiger partial charge in [0, 0.05) is 5.92 Å². The minimum Gasteiger partial charge on any atom is -0.397 e. The summed E-state index contributed by atoms with van der Waals surface area (Å²) in [6.45, 7) is 2.22. The normalized spacial score (nSPS) is 21.9. The van der Waals surface area contributed by atoms with Gasteiger partial charge < -0.3 is 10.3 Å². The van der Waals surface area contributed by atoms with Crippen molar-refractivity contribution in [3.05, 3.63) is 28.0 Å². The van der Waals surface area contributed by atoms with Gasteiger partial charge in [-0.25, -0.2) is 0 Å². The molecule has 2 unspecified atom stereocenters. The van der Waals surface area contributed by atoms with E-state index in [0.29, 0.717) is 33.1 Å². The zero-order chi connectivity index (χ0) is 15.0. The number of hydrogen-bond acceptors (Lipinski definition) is 4. The average Bonchev–Trinajstić information content (AvgIpc) is 3.12. The van der Waals surface area contributed by atoms with Gasteiger partial charge in [-0.15, -0.1) is 0 Å². The Labute approximate surface area is 133 Å². The van der Waals surface area contributed by atoms with Crippen LogP contribution in [0.25, 0.3) is 11.5 Å². The van der Waals surface area contributed by atoms with Crippen LogP contribution in [0.4, 0.5) is 5.69 Å². The van der Waals surface area contributed by atoms with Crippen molar-refractivity contribution >= 4 is 28.9 Å². The third-order valence-electron chi connectivity index (χ3n) is 4.28. The van der Waals surface area contributed by atoms with E-state index >= 15 is 0 Å². The molecule has 112 valence electrons. The minimum absolute atomic E-state index is 0.343. The van der Waals surface area contributed by atoms with Gasteiger partial charge in [0.25, 0.3) is 5.89 Å². The van der Waals surface area contributed by atoms with Gasteiger partial charge >= 0.3 is 0 Å². The van der Waals surface area contributed by atoms with Crippen molar-refractivity contribution in [1.29, 1.82) is 0 Å². The highest BCUT2D eigenvalue weighted by Crippen LogP contribution is 2.41. The topological polar surface area (TPSA) is 64.9 Å². The summed E-state index contributed by atoms with van der Waals surface area (Å²) in [4.78, 5) is 4.49. The number of rotatable bonds is 3. The highest BCUT2D eigenvalue weighted by atomic mass is 35.5. The van der Waals surface area contributed by atoms with Crippen molar-refractivity contribution in [3.8, 4) is 11.5 Å². The molecule has 1 aromatic heterocycles. The Hall–Kier alpha value is -1.26. The van der Waals surface area contributed by atoms with Crippen LogP contribution in [-0.4, -0.2) is 10.1 Å². The van der Waals surface area contributed by atoms with Gasteiger partial charge in [0.05, 0.1) is 21.3 Å². The molecule has 2 atom stereocenters. The van der Waals surface area contributed by atoms with Crippen molar-refractivity contribution in [1.82, 2.24) is 10.1 Å². The minimum atomic E-state index is 0.343. The Morgan fingerprint density at radius 1 is 1.29 bits per heavy atom. The standard InChI is InChI=1S/C15H17Cl2N3O/c1-2-8-3-4-9(7-8)14-19-15(21-20-14)12-10(16)5-6-11(17)13(12)18/h5-6,8-9H,2-4,7,18H2,1H3. The number of halogens is 2. The first-order valence-corrected chi connectivity index (χ1v) is 7.93. The number of benzene rings is 1. The molecule has 2 aromatic rings. The van der Waals surface area contributed by atoms with Crippen LogP contribution >= 0.6 is 23.2 Å². The first-order valence-electron chi connectivity index (χ1n) is 7.17. The summed E-state index contributed by atoms with van der Waals surface area (Å²) in [5.41, 5.74) is 6.87. The molecular formula is C15H17Cl2N3O. The van der Waals surface area contributed by atoms with Gasteiger partial charge in [0.1, 0.15) is 0 Å². The number of nitrogens with two attached hydrogens (primary N) is 1. The van der Waals surface area contributed by atoms with E-state index in [4.69, 9.17) is 33.5 Å². The lowest BCUT2D eigenvalue weighted by Gasteiger charge is -2.05. The SMILES string of the molecule is CCC1CCC(c2noc(-c3c(Cl)ccc(Cl)c3N)n2)C1. The molecule has 1 aliphatic rings. The van der Waals surface area contributed by atoms with Gasteiger partial charge in [-0.05, 0) is 37.3 Å². The molecule has 0 radical (unpaired) electrons. The first-order chi connectivity index (χ1) is 10.1. The molecule has 0 saturated heterocycles. The number of nitrogens with zero attached hydrogens (tertiary/aromatic N) is 2. The van der Waals surface area contributed by atoms with E-state index in [1.54, 1.807) is 12.1 Å². The molecule has 0 bridgehead atoms. The molecule has 6 heteroatoms. The van der Waals surface area contributed by atoms with E-state index in [0.717, 1.165) is 24.6 Å². The average molecular weight is 326 g/mol. The predicted molar refractivity (Wildman–Crippen MR) is 84.5 cm³/mol. The van der Waals surface area contributed by atoms with Gasteiger partial charge in [-0.3, -0.25) is 0 Å². The molecule has 1 aliphatic carbocycles. The summed E-state index contributed by atoms with van der Waals surface area (Å²) < 4.78 is 5.36. The zero-order valence-corrected chi connectivity index (χ0v) is 13.3. The smallest absolute Gasteiger partial charge is 0.261 e. The Bertz CT molecular complexity index is 656. The predicted octanol–water partition coefficient (Wildman–Crippen LogP) is 4.92. The van der Waals surface area contributed by atoms with Crippen molar-refractivity contribution in [2.45, 2.75) is 38.5 Å². The third kappa shape index (κ3) is 2.74. The zero-order valence-electron chi connectivity index (χ0n) is 11.8. The largest absolute Gasteiger partial charge is 0.397 e. The Balaban J connectivity index is 1.91. The molecule has 1 aromatic carbocycles. The summed E-state index contributed by atoms with van der Waals surface area (Å²) in [7, 11) is 0. The van der Waals surface area contributed by atoms with E-state index < -0.39 is 0 Å². The highest BCUT2D eigenvalue weighted by molar-refractivity contribution is 6.37. The monoisotopic (exact) mass is 325 g/mol. The lowest BCUT2D eigenvalue weighted by atomic mass is 10.0. The second kappa shape index (κ2) is 5.85. The second-order valence-electron chi connectivity index (χ2n) is 5.56. The van der Waals surface area contributed by atoms with Gasteiger partial charge in [-0.1, -0.05) is 41.7 Å². The number of anilines is 1. The molecule has 2 N–H and O–H groups in total. The molecule has 1 fully saturated rings. The number of aromatic nitrogens is 2. The summed E-state index contributed by atoms with van der Waals surface area (Å²) in [5, 5.41) is 5.01. The fraction of sp³-hybridized carbons (Fsp3) is 0.467. The van der Waals surface area contributed by atoms with E-state index in [-0.39, 0.29) is 0 Å². The quantitative estimate of drug-likeness (QED) is 0.813. The van der Waals surface area contributed by atoms with Crippen molar-refractivity contribution in [2.75, 3.05) is 5.73 Å². The fourth-order valence-corrected chi connectivity index (χ4v) is 3.37. The van der Waals surface area contributed by atoms with E-state index in [2.05, 4.69) is 17.1 Å². The van der Waals surface area contributed by atoms with Crippen LogP contribution in [0.15, 0.2) is 16.7 Å². The molecule has 0 aliphatic heterocycles. The number of nitrogen functional groups attached to an aromatic ring is 1.